The summed E-state index contributed by atoms with van der Waals surface area (Å²) in [7, 11) is 1.69. The van der Waals surface area contributed by atoms with Gasteiger partial charge >= 0.3 is 6.03 Å². The zero-order valence-corrected chi connectivity index (χ0v) is 11.4. The summed E-state index contributed by atoms with van der Waals surface area (Å²) in [6.07, 6.45) is 4.51. The second-order valence-electron chi connectivity index (χ2n) is 4.03. The molecule has 0 rings (SSSR count). The van der Waals surface area contributed by atoms with Crippen molar-refractivity contribution in [2.24, 2.45) is 5.73 Å². The summed E-state index contributed by atoms with van der Waals surface area (Å²) in [5, 5.41) is 0. The van der Waals surface area contributed by atoms with Gasteiger partial charge in [-0.05, 0) is 38.7 Å². The highest BCUT2D eigenvalue weighted by molar-refractivity contribution is 7.94. The minimum atomic E-state index is -0.315. The lowest BCUT2D eigenvalue weighted by Crippen LogP contribution is -2.41. The highest BCUT2D eigenvalue weighted by Crippen LogP contribution is 2.08. The van der Waals surface area contributed by atoms with Crippen LogP contribution in [0.25, 0.3) is 0 Å². The van der Waals surface area contributed by atoms with Crippen molar-refractivity contribution in [3.8, 4) is 0 Å². The van der Waals surface area contributed by atoms with Gasteiger partial charge in [0.1, 0.15) is 0 Å². The summed E-state index contributed by atoms with van der Waals surface area (Å²) in [6, 6.07) is -0.119. The second kappa shape index (κ2) is 9.78. The molecule has 0 atom stereocenters. The molecule has 0 fully saturated rings. The number of nitrogens with zero attached hydrogens (tertiary/aromatic N) is 1. The molecule has 5 heteroatoms. The molecule has 0 bridgehead atoms. The summed E-state index contributed by atoms with van der Waals surface area (Å²) in [6.45, 7) is 4.74. The van der Waals surface area contributed by atoms with E-state index in [2.05, 4.69) is 0 Å². The van der Waals surface area contributed by atoms with E-state index in [4.69, 9.17) is 9.92 Å². The maximum absolute atomic E-state index is 11.1. The largest absolute Gasteiger partial charge is 0.351 e. The van der Waals surface area contributed by atoms with Crippen LogP contribution in [0, 0.1) is 0 Å². The Bertz CT molecular complexity index is 189. The maximum atomic E-state index is 11.1. The molecule has 2 amide bonds. The molecule has 0 aromatic carbocycles. The monoisotopic (exact) mass is 248 g/mol. The Kier molecular flexibility index (Phi) is 9.52. The van der Waals surface area contributed by atoms with E-state index < -0.39 is 0 Å². The van der Waals surface area contributed by atoms with E-state index in [9.17, 15) is 4.79 Å². The van der Waals surface area contributed by atoms with E-state index in [1.54, 1.807) is 12.0 Å². The maximum Gasteiger partial charge on any atom is 0.315 e. The number of unbranched alkanes of at least 4 members (excludes halogenated alkanes) is 3. The second-order valence-corrected chi connectivity index (χ2v) is 5.01. The van der Waals surface area contributed by atoms with Crippen LogP contribution in [-0.4, -0.2) is 36.4 Å². The highest BCUT2D eigenvalue weighted by atomic mass is 32.2. The number of amides is 2. The van der Waals surface area contributed by atoms with Crippen LogP contribution >= 0.6 is 12.0 Å². The average molecular weight is 248 g/mol. The van der Waals surface area contributed by atoms with Gasteiger partial charge in [-0.15, -0.1) is 0 Å². The Morgan fingerprint density at radius 2 is 1.94 bits per heavy atom. The number of urea groups is 1. The SMILES string of the molecule is COSCCCCCCN(C(N)=O)C(C)C. The number of primary amides is 1. The van der Waals surface area contributed by atoms with Crippen LogP contribution in [0.3, 0.4) is 0 Å². The van der Waals surface area contributed by atoms with Crippen LogP contribution in [-0.2, 0) is 4.18 Å². The molecule has 0 unspecified atom stereocenters. The van der Waals surface area contributed by atoms with E-state index in [0.29, 0.717) is 0 Å². The highest BCUT2D eigenvalue weighted by Gasteiger charge is 2.12. The standard InChI is InChI=1S/C11H24N2O2S/c1-10(2)13(11(12)14)8-6-4-5-7-9-16-15-3/h10H,4-9H2,1-3H3,(H2,12,14). The molecule has 0 saturated carbocycles. The topological polar surface area (TPSA) is 55.6 Å². The molecule has 16 heavy (non-hydrogen) atoms. The summed E-state index contributed by atoms with van der Waals surface area (Å²) in [5.41, 5.74) is 5.29. The van der Waals surface area contributed by atoms with Crippen molar-refractivity contribution in [2.75, 3.05) is 19.4 Å². The predicted molar refractivity (Wildman–Crippen MR) is 69.4 cm³/mol. The molecular formula is C11H24N2O2S. The molecule has 2 N–H and O–H groups in total. The Labute approximate surface area is 103 Å². The van der Waals surface area contributed by atoms with Gasteiger partial charge in [-0.25, -0.2) is 4.79 Å². The number of rotatable bonds is 9. The van der Waals surface area contributed by atoms with Crippen LogP contribution in [0.15, 0.2) is 0 Å². The normalized spacial score (nSPS) is 10.8. The van der Waals surface area contributed by atoms with Crippen molar-refractivity contribution < 1.29 is 8.98 Å². The van der Waals surface area contributed by atoms with Gasteiger partial charge in [0.2, 0.25) is 0 Å². The smallest absolute Gasteiger partial charge is 0.315 e. The van der Waals surface area contributed by atoms with Gasteiger partial charge < -0.3 is 14.8 Å². The van der Waals surface area contributed by atoms with Gasteiger partial charge in [-0.1, -0.05) is 12.8 Å². The van der Waals surface area contributed by atoms with Crippen molar-refractivity contribution in [2.45, 2.75) is 45.6 Å². The lowest BCUT2D eigenvalue weighted by molar-refractivity contribution is 0.191. The summed E-state index contributed by atoms with van der Waals surface area (Å²) in [5.74, 6) is 1.04. The Morgan fingerprint density at radius 3 is 2.44 bits per heavy atom. The predicted octanol–water partition coefficient (Wildman–Crippen LogP) is 2.63. The molecule has 0 aliphatic rings. The van der Waals surface area contributed by atoms with Crippen molar-refractivity contribution >= 4 is 18.1 Å². The molecule has 0 aliphatic heterocycles. The molecule has 4 nitrogen and oxygen atoms in total. The van der Waals surface area contributed by atoms with E-state index in [1.165, 1.54) is 18.5 Å². The van der Waals surface area contributed by atoms with Gasteiger partial charge in [0.15, 0.2) is 0 Å². The van der Waals surface area contributed by atoms with Crippen LogP contribution in [0.2, 0.25) is 0 Å². The third-order valence-corrected chi connectivity index (χ3v) is 3.09. The van der Waals surface area contributed by atoms with Crippen molar-refractivity contribution in [3.63, 3.8) is 0 Å². The fraction of sp³-hybridized carbons (Fsp3) is 0.909. The van der Waals surface area contributed by atoms with Gasteiger partial charge in [0, 0.05) is 18.3 Å². The lowest BCUT2D eigenvalue weighted by Gasteiger charge is -2.24. The number of carbonyl (C=O) groups is 1. The van der Waals surface area contributed by atoms with Crippen molar-refractivity contribution in [1.82, 2.24) is 4.90 Å². The zero-order chi connectivity index (χ0) is 12.4. The van der Waals surface area contributed by atoms with Crippen molar-refractivity contribution in [3.05, 3.63) is 0 Å². The summed E-state index contributed by atoms with van der Waals surface area (Å²) >= 11 is 1.50. The minimum absolute atomic E-state index is 0.196. The van der Waals surface area contributed by atoms with Gasteiger partial charge in [-0.2, -0.15) is 0 Å². The molecule has 0 heterocycles. The van der Waals surface area contributed by atoms with Crippen molar-refractivity contribution in [1.29, 1.82) is 0 Å². The van der Waals surface area contributed by atoms with E-state index in [-0.39, 0.29) is 12.1 Å². The third kappa shape index (κ3) is 7.82. The van der Waals surface area contributed by atoms with Crippen LogP contribution < -0.4 is 5.73 Å². The Balaban J connectivity index is 3.45. The molecule has 0 aliphatic carbocycles. The quantitative estimate of drug-likeness (QED) is 0.504. The number of hydrogen-bond donors (Lipinski definition) is 1. The lowest BCUT2D eigenvalue weighted by atomic mass is 10.2. The third-order valence-electron chi connectivity index (χ3n) is 2.40. The summed E-state index contributed by atoms with van der Waals surface area (Å²) in [4.78, 5) is 12.8. The first-order valence-corrected chi connectivity index (χ1v) is 6.72. The number of carbonyl (C=O) groups excluding carboxylic acids is 1. The first-order chi connectivity index (χ1) is 7.59. The van der Waals surface area contributed by atoms with E-state index in [0.717, 1.165) is 31.6 Å². The van der Waals surface area contributed by atoms with Gasteiger partial charge in [0.25, 0.3) is 0 Å². The van der Waals surface area contributed by atoms with E-state index >= 15 is 0 Å². The van der Waals surface area contributed by atoms with Crippen LogP contribution in [0.1, 0.15) is 39.5 Å². The molecule has 96 valence electrons. The van der Waals surface area contributed by atoms with Gasteiger partial charge in [0.05, 0.1) is 7.11 Å². The minimum Gasteiger partial charge on any atom is -0.351 e. The number of hydrogen-bond acceptors (Lipinski definition) is 3. The molecule has 0 radical (unpaired) electrons. The first-order valence-electron chi connectivity index (χ1n) is 5.81. The summed E-state index contributed by atoms with van der Waals surface area (Å²) < 4.78 is 4.90. The molecule has 0 aromatic heterocycles. The molecule has 0 spiro atoms. The average Bonchev–Trinajstić information content (AvgIpc) is 2.21. The van der Waals surface area contributed by atoms with Crippen LogP contribution in [0.4, 0.5) is 4.79 Å². The molecular weight excluding hydrogens is 224 g/mol. The first kappa shape index (κ1) is 15.6. The van der Waals surface area contributed by atoms with E-state index in [1.807, 2.05) is 13.8 Å². The Morgan fingerprint density at radius 1 is 1.31 bits per heavy atom. The van der Waals surface area contributed by atoms with Gasteiger partial charge in [-0.3, -0.25) is 0 Å². The Hall–Kier alpha value is -0.420. The fourth-order valence-electron chi connectivity index (χ4n) is 1.50. The number of nitrogens with two attached hydrogens (primary N) is 1. The van der Waals surface area contributed by atoms with Crippen LogP contribution in [0.5, 0.6) is 0 Å². The molecule has 0 aromatic rings. The zero-order valence-electron chi connectivity index (χ0n) is 10.6. The fourth-order valence-corrected chi connectivity index (χ4v) is 1.99. The molecule has 0 saturated heterocycles.